The second-order valence-electron chi connectivity index (χ2n) is 3.46. The number of hydrogen-bond donors (Lipinski definition) is 1. The van der Waals surface area contributed by atoms with Crippen LogP contribution in [0.3, 0.4) is 0 Å². The van der Waals surface area contributed by atoms with Crippen LogP contribution in [0.5, 0.6) is 5.75 Å². The number of ether oxygens (including phenoxy) is 1. The Morgan fingerprint density at radius 1 is 1.50 bits per heavy atom. The average Bonchev–Trinajstić information content (AvgIpc) is 2.56. The fourth-order valence-electron chi connectivity index (χ4n) is 1.43. The first-order valence-electron chi connectivity index (χ1n) is 4.89. The normalized spacial score (nSPS) is 19.2. The van der Waals surface area contributed by atoms with E-state index in [2.05, 4.69) is 10.3 Å². The summed E-state index contributed by atoms with van der Waals surface area (Å²) in [5.41, 5.74) is 0. The minimum absolute atomic E-state index is 0.105. The molecule has 1 atom stereocenters. The number of hydrogen-bond acceptors (Lipinski definition) is 3. The van der Waals surface area contributed by atoms with Gasteiger partial charge in [-0.25, -0.2) is 0 Å². The second-order valence-corrected chi connectivity index (χ2v) is 4.31. The molecule has 5 heteroatoms. The van der Waals surface area contributed by atoms with Gasteiger partial charge in [0.05, 0.1) is 10.9 Å². The van der Waals surface area contributed by atoms with Crippen molar-refractivity contribution in [1.82, 2.24) is 5.32 Å². The van der Waals surface area contributed by atoms with E-state index in [0.717, 1.165) is 5.84 Å². The lowest BCUT2D eigenvalue weighted by Crippen LogP contribution is -2.29. The van der Waals surface area contributed by atoms with Crippen LogP contribution in [0, 0.1) is 0 Å². The molecule has 0 saturated heterocycles. The highest BCUT2D eigenvalue weighted by Gasteiger charge is 2.21. The van der Waals surface area contributed by atoms with Gasteiger partial charge in [-0.3, -0.25) is 4.99 Å². The monoisotopic (exact) mass is 254 g/mol. The quantitative estimate of drug-likeness (QED) is 0.842. The van der Waals surface area contributed by atoms with E-state index in [4.69, 9.17) is 28.6 Å². The minimum Gasteiger partial charge on any atom is -0.489 e. The number of para-hydroxylation sites is 1. The first-order chi connectivity index (χ1) is 7.66. The van der Waals surface area contributed by atoms with E-state index < -0.39 is 0 Å². The van der Waals surface area contributed by atoms with Crippen LogP contribution >= 0.6 is 23.8 Å². The summed E-state index contributed by atoms with van der Waals surface area (Å²) in [6.45, 7) is 2.29. The molecule has 0 bridgehead atoms. The van der Waals surface area contributed by atoms with E-state index >= 15 is 0 Å². The maximum atomic E-state index is 5.97. The van der Waals surface area contributed by atoms with E-state index in [9.17, 15) is 0 Å². The van der Waals surface area contributed by atoms with Crippen molar-refractivity contribution < 1.29 is 4.74 Å². The van der Waals surface area contributed by atoms with Gasteiger partial charge in [0.25, 0.3) is 0 Å². The second kappa shape index (κ2) is 4.80. The third-order valence-corrected chi connectivity index (χ3v) is 2.88. The van der Waals surface area contributed by atoms with Gasteiger partial charge in [0.2, 0.25) is 0 Å². The maximum Gasteiger partial charge on any atom is 0.138 e. The average molecular weight is 255 g/mol. The molecule has 2 rings (SSSR count). The molecule has 1 aliphatic heterocycles. The molecular weight excluding hydrogens is 244 g/mol. The third-order valence-electron chi connectivity index (χ3n) is 2.19. The van der Waals surface area contributed by atoms with Crippen LogP contribution in [-0.4, -0.2) is 23.5 Å². The largest absolute Gasteiger partial charge is 0.489 e. The van der Waals surface area contributed by atoms with Crippen LogP contribution in [-0.2, 0) is 0 Å². The predicted octanol–water partition coefficient (Wildman–Crippen LogP) is 2.44. The first-order valence-corrected chi connectivity index (χ1v) is 5.68. The Bertz CT molecular complexity index is 447. The zero-order valence-corrected chi connectivity index (χ0v) is 10.3. The van der Waals surface area contributed by atoms with Crippen LogP contribution < -0.4 is 10.1 Å². The lowest BCUT2D eigenvalue weighted by atomic mass is 10.3. The number of rotatable bonds is 3. The molecule has 0 amide bonds. The lowest BCUT2D eigenvalue weighted by Gasteiger charge is -2.10. The van der Waals surface area contributed by atoms with Crippen LogP contribution in [0.4, 0.5) is 0 Å². The standard InChI is InChI=1S/C11H11ClN2OS/c1-7-13-9(11(16)14-7)6-15-10-5-3-2-4-8(10)12/h2-5,9H,6H2,1H3,(H,13,14,16). The number of amidine groups is 1. The van der Waals surface area contributed by atoms with E-state index in [0.29, 0.717) is 22.4 Å². The number of aliphatic imine (C=N–C) groups is 1. The highest BCUT2D eigenvalue weighted by molar-refractivity contribution is 7.80. The van der Waals surface area contributed by atoms with Crippen molar-refractivity contribution in [3.63, 3.8) is 0 Å². The molecule has 16 heavy (non-hydrogen) atoms. The predicted molar refractivity (Wildman–Crippen MR) is 69.6 cm³/mol. The molecular formula is C11H11ClN2OS. The molecule has 0 aromatic heterocycles. The number of nitrogens with one attached hydrogen (secondary N) is 1. The Morgan fingerprint density at radius 3 is 2.88 bits per heavy atom. The van der Waals surface area contributed by atoms with Crippen molar-refractivity contribution in [2.24, 2.45) is 4.99 Å². The zero-order chi connectivity index (χ0) is 11.5. The molecule has 1 aromatic rings. The molecule has 1 unspecified atom stereocenters. The molecule has 0 fully saturated rings. The van der Waals surface area contributed by atoms with Gasteiger partial charge in [0.1, 0.15) is 23.4 Å². The van der Waals surface area contributed by atoms with Crippen LogP contribution in [0.1, 0.15) is 6.92 Å². The van der Waals surface area contributed by atoms with Crippen molar-refractivity contribution in [2.75, 3.05) is 6.61 Å². The molecule has 0 spiro atoms. The van der Waals surface area contributed by atoms with Gasteiger partial charge >= 0.3 is 0 Å². The topological polar surface area (TPSA) is 33.6 Å². The molecule has 1 aromatic carbocycles. The number of thiocarbonyl (C=S) groups is 1. The van der Waals surface area contributed by atoms with Gasteiger partial charge in [0.15, 0.2) is 0 Å². The summed E-state index contributed by atoms with van der Waals surface area (Å²) in [6, 6.07) is 7.24. The van der Waals surface area contributed by atoms with Gasteiger partial charge in [0, 0.05) is 0 Å². The number of benzene rings is 1. The summed E-state index contributed by atoms with van der Waals surface area (Å²) in [5, 5.41) is 3.58. The molecule has 0 aliphatic carbocycles. The van der Waals surface area contributed by atoms with E-state index in [1.165, 1.54) is 0 Å². The summed E-state index contributed by atoms with van der Waals surface area (Å²) < 4.78 is 5.57. The zero-order valence-electron chi connectivity index (χ0n) is 8.74. The highest BCUT2D eigenvalue weighted by atomic mass is 35.5. The van der Waals surface area contributed by atoms with Gasteiger partial charge in [-0.2, -0.15) is 0 Å². The Labute approximate surface area is 104 Å². The lowest BCUT2D eigenvalue weighted by molar-refractivity contribution is 0.315. The van der Waals surface area contributed by atoms with Crippen molar-refractivity contribution in [3.8, 4) is 5.75 Å². The Balaban J connectivity index is 1.98. The fraction of sp³-hybridized carbons (Fsp3) is 0.273. The summed E-state index contributed by atoms with van der Waals surface area (Å²) in [7, 11) is 0. The summed E-state index contributed by atoms with van der Waals surface area (Å²) in [4.78, 5) is 5.01. The molecule has 1 heterocycles. The Hall–Kier alpha value is -1.13. The minimum atomic E-state index is -0.105. The van der Waals surface area contributed by atoms with Crippen LogP contribution in [0.25, 0.3) is 0 Å². The molecule has 1 N–H and O–H groups in total. The fourth-order valence-corrected chi connectivity index (χ4v) is 1.89. The summed E-state index contributed by atoms with van der Waals surface area (Å²) in [6.07, 6.45) is 0. The molecule has 0 saturated carbocycles. The van der Waals surface area contributed by atoms with E-state index in [1.807, 2.05) is 25.1 Å². The summed E-state index contributed by atoms with van der Waals surface area (Å²) >= 11 is 11.1. The van der Waals surface area contributed by atoms with Gasteiger partial charge in [-0.15, -0.1) is 0 Å². The maximum absolute atomic E-state index is 5.97. The van der Waals surface area contributed by atoms with Crippen molar-refractivity contribution in [1.29, 1.82) is 0 Å². The van der Waals surface area contributed by atoms with Crippen molar-refractivity contribution in [2.45, 2.75) is 13.0 Å². The highest BCUT2D eigenvalue weighted by Crippen LogP contribution is 2.23. The third kappa shape index (κ3) is 2.51. The van der Waals surface area contributed by atoms with Crippen LogP contribution in [0.15, 0.2) is 29.3 Å². The summed E-state index contributed by atoms with van der Waals surface area (Å²) in [5.74, 6) is 1.49. The first kappa shape index (κ1) is 11.4. The Kier molecular flexibility index (Phi) is 3.41. The smallest absolute Gasteiger partial charge is 0.138 e. The van der Waals surface area contributed by atoms with Gasteiger partial charge in [-0.1, -0.05) is 36.0 Å². The number of halogens is 1. The molecule has 3 nitrogen and oxygen atoms in total. The molecule has 84 valence electrons. The van der Waals surface area contributed by atoms with Crippen molar-refractivity contribution in [3.05, 3.63) is 29.3 Å². The molecule has 0 radical (unpaired) electrons. The van der Waals surface area contributed by atoms with E-state index in [-0.39, 0.29) is 6.04 Å². The molecule has 1 aliphatic rings. The SMILES string of the molecule is CC1=NC(COc2ccccc2Cl)C(=S)N1. The van der Waals surface area contributed by atoms with E-state index in [1.54, 1.807) is 6.07 Å². The number of nitrogens with zero attached hydrogens (tertiary/aromatic N) is 1. The van der Waals surface area contributed by atoms with Gasteiger partial charge < -0.3 is 10.1 Å². The Morgan fingerprint density at radius 2 is 2.25 bits per heavy atom. The van der Waals surface area contributed by atoms with Gasteiger partial charge in [-0.05, 0) is 19.1 Å². The van der Waals surface area contributed by atoms with Crippen molar-refractivity contribution >= 4 is 34.6 Å². The van der Waals surface area contributed by atoms with Crippen LogP contribution in [0.2, 0.25) is 5.02 Å².